The molecule has 0 atom stereocenters. The van der Waals surface area contributed by atoms with Crippen LogP contribution < -0.4 is 5.32 Å². The van der Waals surface area contributed by atoms with Crippen molar-refractivity contribution in [3.63, 3.8) is 0 Å². The Morgan fingerprint density at radius 3 is 2.45 bits per heavy atom. The van der Waals surface area contributed by atoms with Crippen LogP contribution in [0, 0.1) is 5.92 Å². The number of unbranched alkanes of at least 4 members (excludes halogenated alkanes) is 3. The number of aliphatic carboxylic acids is 1. The van der Waals surface area contributed by atoms with Crippen LogP contribution in [0.2, 0.25) is 0 Å². The Morgan fingerprint density at radius 1 is 1.05 bits per heavy atom. The summed E-state index contributed by atoms with van der Waals surface area (Å²) in [5.41, 5.74) is 0. The van der Waals surface area contributed by atoms with E-state index in [0.29, 0.717) is 12.5 Å². The quantitative estimate of drug-likeness (QED) is 0.503. The van der Waals surface area contributed by atoms with Crippen molar-refractivity contribution >= 4 is 11.9 Å². The van der Waals surface area contributed by atoms with Crippen LogP contribution in [-0.2, 0) is 9.59 Å². The average molecular weight is 281 g/mol. The highest BCUT2D eigenvalue weighted by atomic mass is 16.4. The number of allylic oxidation sites excluding steroid dienone is 1. The van der Waals surface area contributed by atoms with Crippen molar-refractivity contribution in [3.05, 3.63) is 12.2 Å². The first-order chi connectivity index (χ1) is 9.68. The van der Waals surface area contributed by atoms with Crippen LogP contribution in [0.4, 0.5) is 0 Å². The van der Waals surface area contributed by atoms with Crippen molar-refractivity contribution in [3.8, 4) is 0 Å². The van der Waals surface area contributed by atoms with Crippen LogP contribution in [0.25, 0.3) is 0 Å². The Morgan fingerprint density at radius 2 is 1.75 bits per heavy atom. The molecule has 1 fully saturated rings. The highest BCUT2D eigenvalue weighted by molar-refractivity contribution is 5.87. The van der Waals surface area contributed by atoms with Gasteiger partial charge in [0.2, 0.25) is 5.91 Å². The van der Waals surface area contributed by atoms with Gasteiger partial charge in [0, 0.05) is 13.0 Å². The van der Waals surface area contributed by atoms with Gasteiger partial charge < -0.3 is 10.4 Å². The SMILES string of the molecule is O=C(O)CCCCCCNC(=O)/C=C/C1CCCCC1. The summed E-state index contributed by atoms with van der Waals surface area (Å²) in [5, 5.41) is 11.4. The fourth-order valence-corrected chi connectivity index (χ4v) is 2.58. The Balaban J connectivity index is 1.96. The molecule has 0 saturated heterocycles. The van der Waals surface area contributed by atoms with Gasteiger partial charge in [-0.15, -0.1) is 0 Å². The van der Waals surface area contributed by atoms with E-state index in [2.05, 4.69) is 11.4 Å². The topological polar surface area (TPSA) is 66.4 Å². The highest BCUT2D eigenvalue weighted by Gasteiger charge is 2.10. The summed E-state index contributed by atoms with van der Waals surface area (Å²) in [7, 11) is 0. The van der Waals surface area contributed by atoms with Crippen molar-refractivity contribution in [1.82, 2.24) is 5.32 Å². The molecule has 4 nitrogen and oxygen atoms in total. The third-order valence-corrected chi connectivity index (χ3v) is 3.79. The predicted octanol–water partition coefficient (Wildman–Crippen LogP) is 3.27. The van der Waals surface area contributed by atoms with Crippen molar-refractivity contribution in [2.75, 3.05) is 6.54 Å². The van der Waals surface area contributed by atoms with Crippen LogP contribution in [-0.4, -0.2) is 23.5 Å². The minimum Gasteiger partial charge on any atom is -0.481 e. The third kappa shape index (κ3) is 8.73. The third-order valence-electron chi connectivity index (χ3n) is 3.79. The van der Waals surface area contributed by atoms with E-state index in [1.165, 1.54) is 32.1 Å². The van der Waals surface area contributed by atoms with E-state index in [4.69, 9.17) is 5.11 Å². The number of carbonyl (C=O) groups excluding carboxylic acids is 1. The predicted molar refractivity (Wildman–Crippen MR) is 79.4 cm³/mol. The van der Waals surface area contributed by atoms with Gasteiger partial charge in [0.25, 0.3) is 0 Å². The summed E-state index contributed by atoms with van der Waals surface area (Å²) in [6.45, 7) is 0.681. The van der Waals surface area contributed by atoms with Gasteiger partial charge in [-0.1, -0.05) is 38.2 Å². The van der Waals surface area contributed by atoms with Gasteiger partial charge in [-0.2, -0.15) is 0 Å². The summed E-state index contributed by atoms with van der Waals surface area (Å²) in [6, 6.07) is 0. The minimum atomic E-state index is -0.730. The molecule has 114 valence electrons. The van der Waals surface area contributed by atoms with E-state index in [9.17, 15) is 9.59 Å². The van der Waals surface area contributed by atoms with Crippen LogP contribution in [0.1, 0.15) is 64.2 Å². The van der Waals surface area contributed by atoms with Crippen molar-refractivity contribution in [2.24, 2.45) is 5.92 Å². The second-order valence-corrected chi connectivity index (χ2v) is 5.61. The Labute approximate surface area is 121 Å². The monoisotopic (exact) mass is 281 g/mol. The lowest BCUT2D eigenvalue weighted by molar-refractivity contribution is -0.137. The molecule has 4 heteroatoms. The van der Waals surface area contributed by atoms with E-state index in [0.717, 1.165) is 25.7 Å². The molecule has 0 heterocycles. The molecule has 1 rings (SSSR count). The molecule has 1 amide bonds. The Kier molecular flexibility index (Phi) is 8.76. The lowest BCUT2D eigenvalue weighted by Gasteiger charge is -2.17. The molecule has 0 spiro atoms. The molecule has 2 N–H and O–H groups in total. The average Bonchev–Trinajstić information content (AvgIpc) is 2.45. The fraction of sp³-hybridized carbons (Fsp3) is 0.750. The van der Waals surface area contributed by atoms with Gasteiger partial charge in [0.1, 0.15) is 0 Å². The maximum atomic E-state index is 11.6. The molecule has 0 radical (unpaired) electrons. The lowest BCUT2D eigenvalue weighted by atomic mass is 9.89. The van der Waals surface area contributed by atoms with Crippen molar-refractivity contribution < 1.29 is 14.7 Å². The normalized spacial score (nSPS) is 16.4. The van der Waals surface area contributed by atoms with Gasteiger partial charge in [-0.25, -0.2) is 0 Å². The zero-order valence-corrected chi connectivity index (χ0v) is 12.3. The van der Waals surface area contributed by atoms with E-state index in [1.54, 1.807) is 6.08 Å². The number of carboxylic acids is 1. The molecule has 1 saturated carbocycles. The molecule has 20 heavy (non-hydrogen) atoms. The zero-order valence-electron chi connectivity index (χ0n) is 12.3. The standard InChI is InChI=1S/C16H27NO3/c18-15(12-11-14-8-4-3-5-9-14)17-13-7-2-1-6-10-16(19)20/h11-12,14H,1-10,13H2,(H,17,18)(H,19,20)/b12-11+. The fourth-order valence-electron chi connectivity index (χ4n) is 2.58. The van der Waals surface area contributed by atoms with Crippen molar-refractivity contribution in [1.29, 1.82) is 0 Å². The Bertz CT molecular complexity index is 320. The molecular weight excluding hydrogens is 254 g/mol. The summed E-state index contributed by atoms with van der Waals surface area (Å²) in [4.78, 5) is 21.9. The Hall–Kier alpha value is -1.32. The van der Waals surface area contributed by atoms with Crippen molar-refractivity contribution in [2.45, 2.75) is 64.2 Å². The maximum absolute atomic E-state index is 11.6. The second-order valence-electron chi connectivity index (χ2n) is 5.61. The van der Waals surface area contributed by atoms with Gasteiger partial charge in [0.15, 0.2) is 0 Å². The molecule has 0 aromatic carbocycles. The van der Waals surface area contributed by atoms with Crippen LogP contribution in [0.15, 0.2) is 12.2 Å². The van der Waals surface area contributed by atoms with E-state index in [-0.39, 0.29) is 12.3 Å². The molecule has 0 unspecified atom stereocenters. The molecule has 0 aliphatic heterocycles. The summed E-state index contributed by atoms with van der Waals surface area (Å²) < 4.78 is 0. The molecule has 0 bridgehead atoms. The number of hydrogen-bond donors (Lipinski definition) is 2. The second kappa shape index (κ2) is 10.5. The first-order valence-electron chi connectivity index (χ1n) is 7.86. The van der Waals surface area contributed by atoms with E-state index in [1.807, 2.05) is 0 Å². The zero-order chi connectivity index (χ0) is 14.6. The molecular formula is C16H27NO3. The van der Waals surface area contributed by atoms with E-state index >= 15 is 0 Å². The lowest BCUT2D eigenvalue weighted by Crippen LogP contribution is -2.22. The summed E-state index contributed by atoms with van der Waals surface area (Å²) in [6.07, 6.45) is 13.9. The van der Waals surface area contributed by atoms with E-state index < -0.39 is 5.97 Å². The summed E-state index contributed by atoms with van der Waals surface area (Å²) in [5.74, 6) is -0.141. The number of rotatable bonds is 9. The van der Waals surface area contributed by atoms with Gasteiger partial charge in [-0.3, -0.25) is 9.59 Å². The smallest absolute Gasteiger partial charge is 0.303 e. The molecule has 1 aliphatic carbocycles. The van der Waals surface area contributed by atoms with Gasteiger partial charge in [0.05, 0.1) is 0 Å². The number of hydrogen-bond acceptors (Lipinski definition) is 2. The molecule has 0 aromatic heterocycles. The number of carbonyl (C=O) groups is 2. The highest BCUT2D eigenvalue weighted by Crippen LogP contribution is 2.24. The molecule has 1 aliphatic rings. The van der Waals surface area contributed by atoms with Crippen LogP contribution >= 0.6 is 0 Å². The molecule has 0 aromatic rings. The number of carboxylic acid groups (broad SMARTS) is 1. The number of nitrogens with one attached hydrogen (secondary N) is 1. The first kappa shape index (κ1) is 16.7. The summed E-state index contributed by atoms with van der Waals surface area (Å²) >= 11 is 0. The minimum absolute atomic E-state index is 0.00103. The number of amides is 1. The first-order valence-corrected chi connectivity index (χ1v) is 7.86. The van der Waals surface area contributed by atoms with Crippen LogP contribution in [0.3, 0.4) is 0 Å². The largest absolute Gasteiger partial charge is 0.481 e. The van der Waals surface area contributed by atoms with Gasteiger partial charge in [-0.05, 0) is 37.7 Å². The van der Waals surface area contributed by atoms with Gasteiger partial charge >= 0.3 is 5.97 Å². The van der Waals surface area contributed by atoms with Crippen LogP contribution in [0.5, 0.6) is 0 Å². The maximum Gasteiger partial charge on any atom is 0.303 e.